The molecule has 2 atom stereocenters. The van der Waals surface area contributed by atoms with Crippen molar-refractivity contribution in [3.63, 3.8) is 0 Å². The normalized spacial score (nSPS) is 20.5. The van der Waals surface area contributed by atoms with E-state index in [4.69, 9.17) is 0 Å². The number of nitrogens with zero attached hydrogens (tertiary/aromatic N) is 3. The molecule has 1 fully saturated rings. The number of carbonyl (C=O) groups excluding carboxylic acids is 1. The summed E-state index contributed by atoms with van der Waals surface area (Å²) in [5.74, 6) is 0.178. The first-order chi connectivity index (χ1) is 11.5. The lowest BCUT2D eigenvalue weighted by Crippen LogP contribution is -2.29. The maximum absolute atomic E-state index is 12.4. The maximum Gasteiger partial charge on any atom is 0.223 e. The highest BCUT2D eigenvalue weighted by molar-refractivity contribution is 5.76. The standard InChI is InChI=1S/C18H24N4O2/c1-12-13(2)20-21-16(12)3-4-18(24)22-10-15(17(23)11-22)9-14-5-7-19-8-6-14/h5-8,15,17,23H,3-4,9-11H2,1-2H3,(H,20,21)/t15-,17+/m1/s1. The smallest absolute Gasteiger partial charge is 0.223 e. The van der Waals surface area contributed by atoms with Gasteiger partial charge in [-0.15, -0.1) is 0 Å². The average Bonchev–Trinajstić information content (AvgIpc) is 3.10. The molecule has 3 rings (SSSR count). The van der Waals surface area contributed by atoms with Gasteiger partial charge in [0.1, 0.15) is 0 Å². The summed E-state index contributed by atoms with van der Waals surface area (Å²) >= 11 is 0. The zero-order valence-electron chi connectivity index (χ0n) is 14.2. The summed E-state index contributed by atoms with van der Waals surface area (Å²) in [7, 11) is 0. The Morgan fingerprint density at radius 2 is 2.08 bits per heavy atom. The first kappa shape index (κ1) is 16.6. The Hall–Kier alpha value is -2.21. The molecule has 0 aromatic carbocycles. The van der Waals surface area contributed by atoms with Crippen molar-refractivity contribution in [2.24, 2.45) is 5.92 Å². The molecule has 128 valence electrons. The zero-order chi connectivity index (χ0) is 17.1. The monoisotopic (exact) mass is 328 g/mol. The molecule has 0 aliphatic carbocycles. The molecule has 0 bridgehead atoms. The molecular formula is C18H24N4O2. The SMILES string of the molecule is Cc1[nH]nc(CCC(=O)N2C[C@@H](Cc3ccncc3)[C@@H](O)C2)c1C. The minimum Gasteiger partial charge on any atom is -0.391 e. The average molecular weight is 328 g/mol. The van der Waals surface area contributed by atoms with E-state index in [2.05, 4.69) is 15.2 Å². The molecule has 0 unspecified atom stereocenters. The Kier molecular flexibility index (Phi) is 4.94. The van der Waals surface area contributed by atoms with Gasteiger partial charge < -0.3 is 10.0 Å². The number of nitrogens with one attached hydrogen (secondary N) is 1. The van der Waals surface area contributed by atoms with Crippen LogP contribution in [0.25, 0.3) is 0 Å². The van der Waals surface area contributed by atoms with Crippen LogP contribution in [0.4, 0.5) is 0 Å². The predicted molar refractivity (Wildman–Crippen MR) is 90.4 cm³/mol. The Morgan fingerprint density at radius 3 is 2.75 bits per heavy atom. The van der Waals surface area contributed by atoms with Crippen molar-refractivity contribution >= 4 is 5.91 Å². The second-order valence-electron chi connectivity index (χ2n) is 6.61. The molecule has 0 spiro atoms. The lowest BCUT2D eigenvalue weighted by atomic mass is 9.97. The number of β-amino-alcohol motifs (C(OH)–C–C–N with tert-alkyl or cyclic N) is 1. The number of aryl methyl sites for hydroxylation is 2. The maximum atomic E-state index is 12.4. The number of pyridine rings is 1. The molecule has 6 nitrogen and oxygen atoms in total. The van der Waals surface area contributed by atoms with Crippen LogP contribution in [0, 0.1) is 19.8 Å². The minimum absolute atomic E-state index is 0.0886. The van der Waals surface area contributed by atoms with Gasteiger partial charge in [0.2, 0.25) is 5.91 Å². The van der Waals surface area contributed by atoms with Crippen LogP contribution in [0.3, 0.4) is 0 Å². The molecule has 1 amide bonds. The van der Waals surface area contributed by atoms with Gasteiger partial charge in [0.05, 0.1) is 11.8 Å². The highest BCUT2D eigenvalue weighted by Crippen LogP contribution is 2.22. The van der Waals surface area contributed by atoms with Crippen molar-refractivity contribution in [3.05, 3.63) is 47.0 Å². The van der Waals surface area contributed by atoms with Crippen LogP contribution < -0.4 is 0 Å². The summed E-state index contributed by atoms with van der Waals surface area (Å²) in [6.45, 7) is 5.03. The molecule has 1 aliphatic rings. The van der Waals surface area contributed by atoms with Gasteiger partial charge in [-0.3, -0.25) is 14.9 Å². The summed E-state index contributed by atoms with van der Waals surface area (Å²) in [5.41, 5.74) is 4.27. The number of likely N-dealkylation sites (tertiary alicyclic amines) is 1. The van der Waals surface area contributed by atoms with Crippen molar-refractivity contribution < 1.29 is 9.90 Å². The van der Waals surface area contributed by atoms with Crippen LogP contribution in [-0.2, 0) is 17.6 Å². The summed E-state index contributed by atoms with van der Waals surface area (Å²) in [6.07, 6.45) is 4.89. The van der Waals surface area contributed by atoms with Crippen molar-refractivity contribution in [3.8, 4) is 0 Å². The third kappa shape index (κ3) is 3.64. The molecule has 0 saturated carbocycles. The number of rotatable bonds is 5. The second kappa shape index (κ2) is 7.13. The van der Waals surface area contributed by atoms with E-state index in [9.17, 15) is 9.90 Å². The van der Waals surface area contributed by atoms with Gasteiger partial charge in [0.25, 0.3) is 0 Å². The predicted octanol–water partition coefficient (Wildman–Crippen LogP) is 1.42. The van der Waals surface area contributed by atoms with E-state index in [1.165, 1.54) is 0 Å². The van der Waals surface area contributed by atoms with E-state index in [1.54, 1.807) is 17.3 Å². The first-order valence-corrected chi connectivity index (χ1v) is 8.39. The highest BCUT2D eigenvalue weighted by Gasteiger charge is 2.33. The van der Waals surface area contributed by atoms with E-state index in [-0.39, 0.29) is 11.8 Å². The van der Waals surface area contributed by atoms with Crippen molar-refractivity contribution in [1.82, 2.24) is 20.1 Å². The molecule has 0 radical (unpaired) electrons. The van der Waals surface area contributed by atoms with Gasteiger partial charge in [-0.05, 0) is 43.5 Å². The molecule has 2 N–H and O–H groups in total. The number of hydrogen-bond acceptors (Lipinski definition) is 4. The summed E-state index contributed by atoms with van der Waals surface area (Å²) < 4.78 is 0. The number of aromatic nitrogens is 3. The molecule has 1 aliphatic heterocycles. The molecule has 3 heterocycles. The van der Waals surface area contributed by atoms with E-state index in [0.29, 0.717) is 25.9 Å². The Bertz CT molecular complexity index is 698. The van der Waals surface area contributed by atoms with Gasteiger partial charge in [-0.1, -0.05) is 0 Å². The number of aliphatic hydroxyl groups excluding tert-OH is 1. The molecule has 2 aromatic heterocycles. The van der Waals surface area contributed by atoms with Crippen molar-refractivity contribution in [2.45, 2.75) is 39.2 Å². The van der Waals surface area contributed by atoms with Gasteiger partial charge in [-0.25, -0.2) is 0 Å². The van der Waals surface area contributed by atoms with Crippen LogP contribution in [0.15, 0.2) is 24.5 Å². The fraction of sp³-hybridized carbons (Fsp3) is 0.500. The van der Waals surface area contributed by atoms with Gasteiger partial charge in [0.15, 0.2) is 0 Å². The van der Waals surface area contributed by atoms with Crippen LogP contribution in [0.5, 0.6) is 0 Å². The Morgan fingerprint density at radius 1 is 1.33 bits per heavy atom. The van der Waals surface area contributed by atoms with Crippen LogP contribution in [0.1, 0.15) is 28.9 Å². The summed E-state index contributed by atoms with van der Waals surface area (Å²) in [6, 6.07) is 3.92. The Balaban J connectivity index is 1.54. The quantitative estimate of drug-likeness (QED) is 0.869. The van der Waals surface area contributed by atoms with Crippen LogP contribution in [-0.4, -0.2) is 50.3 Å². The number of aliphatic hydroxyl groups is 1. The van der Waals surface area contributed by atoms with E-state index < -0.39 is 6.10 Å². The molecule has 2 aromatic rings. The topological polar surface area (TPSA) is 82.1 Å². The number of carbonyl (C=O) groups is 1. The van der Waals surface area contributed by atoms with Crippen LogP contribution >= 0.6 is 0 Å². The summed E-state index contributed by atoms with van der Waals surface area (Å²) in [5, 5.41) is 17.5. The first-order valence-electron chi connectivity index (χ1n) is 8.39. The zero-order valence-corrected chi connectivity index (χ0v) is 14.2. The van der Waals surface area contributed by atoms with Crippen LogP contribution in [0.2, 0.25) is 0 Å². The minimum atomic E-state index is -0.462. The molecule has 24 heavy (non-hydrogen) atoms. The third-order valence-corrected chi connectivity index (χ3v) is 4.94. The van der Waals surface area contributed by atoms with Gasteiger partial charge in [0, 0.05) is 49.9 Å². The highest BCUT2D eigenvalue weighted by atomic mass is 16.3. The molecule has 1 saturated heterocycles. The lowest BCUT2D eigenvalue weighted by molar-refractivity contribution is -0.130. The van der Waals surface area contributed by atoms with E-state index in [1.807, 2.05) is 26.0 Å². The van der Waals surface area contributed by atoms with E-state index >= 15 is 0 Å². The number of aromatic amines is 1. The van der Waals surface area contributed by atoms with Gasteiger partial charge in [-0.2, -0.15) is 5.10 Å². The third-order valence-electron chi connectivity index (χ3n) is 4.94. The fourth-order valence-electron chi connectivity index (χ4n) is 3.24. The summed E-state index contributed by atoms with van der Waals surface area (Å²) in [4.78, 5) is 18.2. The van der Waals surface area contributed by atoms with E-state index in [0.717, 1.165) is 28.9 Å². The lowest BCUT2D eigenvalue weighted by Gasteiger charge is -2.16. The van der Waals surface area contributed by atoms with Crippen molar-refractivity contribution in [1.29, 1.82) is 0 Å². The Labute approximate surface area is 141 Å². The number of hydrogen-bond donors (Lipinski definition) is 2. The number of amides is 1. The van der Waals surface area contributed by atoms with Gasteiger partial charge >= 0.3 is 0 Å². The number of H-pyrrole nitrogens is 1. The second-order valence-corrected chi connectivity index (χ2v) is 6.61. The molecule has 6 heteroatoms. The molecular weight excluding hydrogens is 304 g/mol. The van der Waals surface area contributed by atoms with Crippen molar-refractivity contribution in [2.75, 3.05) is 13.1 Å². The largest absolute Gasteiger partial charge is 0.391 e. The fourth-order valence-corrected chi connectivity index (χ4v) is 3.24.